The van der Waals surface area contributed by atoms with Gasteiger partial charge in [0.2, 0.25) is 5.91 Å². The van der Waals surface area contributed by atoms with Crippen LogP contribution in [0.5, 0.6) is 0 Å². The van der Waals surface area contributed by atoms with Crippen LogP contribution >= 0.6 is 0 Å². The summed E-state index contributed by atoms with van der Waals surface area (Å²) in [4.78, 5) is 13.9. The highest BCUT2D eigenvalue weighted by molar-refractivity contribution is 5.79. The Kier molecular flexibility index (Phi) is 3.87. The van der Waals surface area contributed by atoms with Crippen LogP contribution in [0.4, 0.5) is 5.69 Å². The van der Waals surface area contributed by atoms with Gasteiger partial charge < -0.3 is 15.7 Å². The normalized spacial score (nSPS) is 21.0. The Labute approximate surface area is 107 Å². The molecule has 1 aromatic rings. The fraction of sp³-hybridized carbons (Fsp3) is 0.500. The number of aliphatic hydroxyl groups excluding tert-OH is 1. The fourth-order valence-electron chi connectivity index (χ4n) is 2.40. The van der Waals surface area contributed by atoms with Crippen LogP contribution in [-0.4, -0.2) is 35.1 Å². The minimum Gasteiger partial charge on any atom is -0.399 e. The van der Waals surface area contributed by atoms with E-state index >= 15 is 0 Å². The Morgan fingerprint density at radius 3 is 3.00 bits per heavy atom. The smallest absolute Gasteiger partial charge is 0.227 e. The van der Waals surface area contributed by atoms with E-state index in [1.54, 1.807) is 6.92 Å². The van der Waals surface area contributed by atoms with Gasteiger partial charge in [0.1, 0.15) is 0 Å². The van der Waals surface area contributed by atoms with Crippen molar-refractivity contribution >= 4 is 11.6 Å². The van der Waals surface area contributed by atoms with Gasteiger partial charge in [-0.3, -0.25) is 4.79 Å². The number of anilines is 1. The lowest BCUT2D eigenvalue weighted by Gasteiger charge is -2.17. The summed E-state index contributed by atoms with van der Waals surface area (Å²) < 4.78 is 0. The standard InChI is InChI=1S/C14H20N2O2/c1-10(17)12-5-6-16(9-12)14(18)8-11-3-2-4-13(15)7-11/h2-4,7,10,12,17H,5-6,8-9,15H2,1H3. The molecule has 1 aliphatic heterocycles. The average Bonchev–Trinajstić information content (AvgIpc) is 2.78. The zero-order valence-corrected chi connectivity index (χ0v) is 10.7. The summed E-state index contributed by atoms with van der Waals surface area (Å²) in [7, 11) is 0. The van der Waals surface area contributed by atoms with E-state index in [1.807, 2.05) is 29.2 Å². The Hall–Kier alpha value is -1.55. The predicted octanol–water partition coefficient (Wildman–Crippen LogP) is 1.04. The molecule has 2 atom stereocenters. The molecule has 0 radical (unpaired) electrons. The molecule has 2 rings (SSSR count). The second-order valence-corrected chi connectivity index (χ2v) is 5.05. The second-order valence-electron chi connectivity index (χ2n) is 5.05. The van der Waals surface area contributed by atoms with Crippen LogP contribution in [-0.2, 0) is 11.2 Å². The molecule has 0 aromatic heterocycles. The Bertz CT molecular complexity index is 432. The van der Waals surface area contributed by atoms with Crippen molar-refractivity contribution in [1.29, 1.82) is 0 Å². The molecule has 1 saturated heterocycles. The van der Waals surface area contributed by atoms with Crippen molar-refractivity contribution < 1.29 is 9.90 Å². The monoisotopic (exact) mass is 248 g/mol. The van der Waals surface area contributed by atoms with E-state index in [1.165, 1.54) is 0 Å². The van der Waals surface area contributed by atoms with Crippen molar-refractivity contribution in [3.05, 3.63) is 29.8 Å². The quantitative estimate of drug-likeness (QED) is 0.785. The molecule has 1 aromatic carbocycles. The third-order valence-corrected chi connectivity index (χ3v) is 3.57. The summed E-state index contributed by atoms with van der Waals surface area (Å²) >= 11 is 0. The largest absolute Gasteiger partial charge is 0.399 e. The van der Waals surface area contributed by atoms with Crippen molar-refractivity contribution in [2.75, 3.05) is 18.8 Å². The summed E-state index contributed by atoms with van der Waals surface area (Å²) in [6.45, 7) is 3.20. The highest BCUT2D eigenvalue weighted by Crippen LogP contribution is 2.20. The molecule has 98 valence electrons. The molecule has 1 amide bonds. The van der Waals surface area contributed by atoms with Gasteiger partial charge in [-0.25, -0.2) is 0 Å². The molecule has 1 heterocycles. The molecule has 3 N–H and O–H groups in total. The maximum atomic E-state index is 12.1. The molecule has 4 nitrogen and oxygen atoms in total. The Balaban J connectivity index is 1.93. The van der Waals surface area contributed by atoms with Crippen LogP contribution < -0.4 is 5.73 Å². The van der Waals surface area contributed by atoms with Gasteiger partial charge in [0, 0.05) is 24.7 Å². The first-order valence-corrected chi connectivity index (χ1v) is 6.36. The van der Waals surface area contributed by atoms with Crippen LogP contribution in [0.1, 0.15) is 18.9 Å². The number of aliphatic hydroxyl groups is 1. The van der Waals surface area contributed by atoms with E-state index in [0.717, 1.165) is 18.5 Å². The van der Waals surface area contributed by atoms with Crippen molar-refractivity contribution in [3.63, 3.8) is 0 Å². The molecule has 1 aliphatic rings. The summed E-state index contributed by atoms with van der Waals surface area (Å²) in [5.74, 6) is 0.332. The number of nitrogen functional groups attached to an aromatic ring is 1. The van der Waals surface area contributed by atoms with Gasteiger partial charge in [-0.15, -0.1) is 0 Å². The molecule has 0 aliphatic carbocycles. The summed E-state index contributed by atoms with van der Waals surface area (Å²) in [5, 5.41) is 9.52. The molecule has 0 saturated carbocycles. The average molecular weight is 248 g/mol. The number of nitrogens with two attached hydrogens (primary N) is 1. The zero-order valence-electron chi connectivity index (χ0n) is 10.7. The maximum Gasteiger partial charge on any atom is 0.227 e. The highest BCUT2D eigenvalue weighted by atomic mass is 16.3. The number of carbonyl (C=O) groups is 1. The number of hydrogen-bond acceptors (Lipinski definition) is 3. The highest BCUT2D eigenvalue weighted by Gasteiger charge is 2.28. The summed E-state index contributed by atoms with van der Waals surface area (Å²) in [6.07, 6.45) is 0.938. The van der Waals surface area contributed by atoms with Crippen LogP contribution in [0, 0.1) is 5.92 Å². The lowest BCUT2D eigenvalue weighted by molar-refractivity contribution is -0.129. The number of carbonyl (C=O) groups excluding carboxylic acids is 1. The van der Waals surface area contributed by atoms with Gasteiger partial charge in [0.25, 0.3) is 0 Å². The lowest BCUT2D eigenvalue weighted by Crippen LogP contribution is -2.31. The number of amides is 1. The van der Waals surface area contributed by atoms with E-state index in [-0.39, 0.29) is 17.9 Å². The van der Waals surface area contributed by atoms with Gasteiger partial charge in [-0.2, -0.15) is 0 Å². The summed E-state index contributed by atoms with van der Waals surface area (Å²) in [5.41, 5.74) is 7.32. The van der Waals surface area contributed by atoms with Gasteiger partial charge >= 0.3 is 0 Å². The molecule has 1 fully saturated rings. The van der Waals surface area contributed by atoms with Gasteiger partial charge in [0.05, 0.1) is 12.5 Å². The van der Waals surface area contributed by atoms with E-state index in [2.05, 4.69) is 0 Å². The minimum absolute atomic E-state index is 0.115. The van der Waals surface area contributed by atoms with Gasteiger partial charge in [-0.1, -0.05) is 12.1 Å². The topological polar surface area (TPSA) is 66.6 Å². The first kappa shape index (κ1) is 12.9. The number of rotatable bonds is 3. The first-order valence-electron chi connectivity index (χ1n) is 6.36. The van der Waals surface area contributed by atoms with Gasteiger partial charge in [-0.05, 0) is 31.0 Å². The number of nitrogens with zero attached hydrogens (tertiary/aromatic N) is 1. The summed E-state index contributed by atoms with van der Waals surface area (Å²) in [6, 6.07) is 7.42. The van der Waals surface area contributed by atoms with E-state index in [9.17, 15) is 9.90 Å². The Morgan fingerprint density at radius 1 is 1.61 bits per heavy atom. The van der Waals surface area contributed by atoms with Crippen molar-refractivity contribution in [2.45, 2.75) is 25.9 Å². The maximum absolute atomic E-state index is 12.1. The van der Waals surface area contributed by atoms with Crippen LogP contribution in [0.15, 0.2) is 24.3 Å². The van der Waals surface area contributed by atoms with E-state index in [0.29, 0.717) is 18.7 Å². The molecule has 0 bridgehead atoms. The minimum atomic E-state index is -0.338. The molecular weight excluding hydrogens is 228 g/mol. The van der Waals surface area contributed by atoms with Crippen molar-refractivity contribution in [1.82, 2.24) is 4.90 Å². The van der Waals surface area contributed by atoms with Crippen LogP contribution in [0.25, 0.3) is 0 Å². The molecule has 18 heavy (non-hydrogen) atoms. The van der Waals surface area contributed by atoms with Crippen LogP contribution in [0.3, 0.4) is 0 Å². The lowest BCUT2D eigenvalue weighted by atomic mass is 10.0. The fourth-order valence-corrected chi connectivity index (χ4v) is 2.40. The third kappa shape index (κ3) is 3.01. The molecular formula is C14H20N2O2. The van der Waals surface area contributed by atoms with Gasteiger partial charge in [0.15, 0.2) is 0 Å². The SMILES string of the molecule is CC(O)C1CCN(C(=O)Cc2cccc(N)c2)C1. The van der Waals surface area contributed by atoms with Crippen molar-refractivity contribution in [2.24, 2.45) is 5.92 Å². The first-order chi connectivity index (χ1) is 8.56. The zero-order chi connectivity index (χ0) is 13.1. The number of benzene rings is 1. The number of hydrogen-bond donors (Lipinski definition) is 2. The van der Waals surface area contributed by atoms with Crippen LogP contribution in [0.2, 0.25) is 0 Å². The number of likely N-dealkylation sites (tertiary alicyclic amines) is 1. The molecule has 2 unspecified atom stereocenters. The van der Waals surface area contributed by atoms with E-state index in [4.69, 9.17) is 5.73 Å². The van der Waals surface area contributed by atoms with E-state index < -0.39 is 0 Å². The van der Waals surface area contributed by atoms with Crippen molar-refractivity contribution in [3.8, 4) is 0 Å². The predicted molar refractivity (Wildman–Crippen MR) is 70.9 cm³/mol. The Morgan fingerprint density at radius 2 is 2.39 bits per heavy atom. The third-order valence-electron chi connectivity index (χ3n) is 3.57. The molecule has 0 spiro atoms. The molecule has 4 heteroatoms. The second kappa shape index (κ2) is 5.40.